The number of carbonyl (C=O) groups excluding carboxylic acids is 1. The monoisotopic (exact) mass is 338 g/mol. The van der Waals surface area contributed by atoms with Crippen molar-refractivity contribution in [1.29, 1.82) is 0 Å². The first-order valence-corrected chi connectivity index (χ1v) is 8.84. The van der Waals surface area contributed by atoms with Crippen molar-refractivity contribution in [2.75, 3.05) is 6.61 Å². The fourth-order valence-corrected chi connectivity index (χ4v) is 2.50. The summed E-state index contributed by atoms with van der Waals surface area (Å²) in [6.07, 6.45) is 4.95. The third kappa shape index (κ3) is 5.79. The highest BCUT2D eigenvalue weighted by atomic mass is 16.5. The maximum absolute atomic E-state index is 11.8. The second-order valence-electron chi connectivity index (χ2n) is 5.98. The van der Waals surface area contributed by atoms with E-state index in [4.69, 9.17) is 9.47 Å². The van der Waals surface area contributed by atoms with Gasteiger partial charge in [0.2, 0.25) is 0 Å². The molecule has 2 aromatic rings. The van der Waals surface area contributed by atoms with Crippen LogP contribution in [0.1, 0.15) is 54.6 Å². The highest BCUT2D eigenvalue weighted by Crippen LogP contribution is 2.23. The van der Waals surface area contributed by atoms with Crippen molar-refractivity contribution in [3.63, 3.8) is 0 Å². The van der Waals surface area contributed by atoms with Gasteiger partial charge in [0.05, 0.1) is 18.4 Å². The van der Waals surface area contributed by atoms with E-state index in [1.54, 1.807) is 19.1 Å². The lowest BCUT2D eigenvalue weighted by atomic mass is 10.0. The molecule has 0 saturated heterocycles. The van der Waals surface area contributed by atoms with E-state index in [9.17, 15) is 4.79 Å². The average molecular weight is 338 g/mol. The largest absolute Gasteiger partial charge is 0.465 e. The Labute approximate surface area is 150 Å². The van der Waals surface area contributed by atoms with Gasteiger partial charge in [-0.25, -0.2) is 4.79 Å². The summed E-state index contributed by atoms with van der Waals surface area (Å²) in [6, 6.07) is 15.5. The number of rotatable bonds is 8. The zero-order valence-electron chi connectivity index (χ0n) is 15.2. The van der Waals surface area contributed by atoms with Crippen LogP contribution in [0.25, 0.3) is 5.57 Å². The number of esters is 1. The summed E-state index contributed by atoms with van der Waals surface area (Å²) in [6.45, 7) is 6.40. The SMILES string of the molecule is CCCC/C(=C\Oc1cccc(C)c1)c1ccc(C(=O)OCC)cc1. The Hall–Kier alpha value is -2.55. The molecule has 0 atom stereocenters. The molecule has 0 spiro atoms. The van der Waals surface area contributed by atoms with Gasteiger partial charge in [0.25, 0.3) is 0 Å². The molecule has 0 saturated carbocycles. The maximum Gasteiger partial charge on any atom is 0.338 e. The smallest absolute Gasteiger partial charge is 0.338 e. The third-order valence-electron chi connectivity index (χ3n) is 3.89. The van der Waals surface area contributed by atoms with Crippen LogP contribution >= 0.6 is 0 Å². The molecule has 0 aliphatic carbocycles. The number of hydrogen-bond donors (Lipinski definition) is 0. The minimum atomic E-state index is -0.288. The first kappa shape index (κ1) is 18.8. The van der Waals surface area contributed by atoms with E-state index in [0.717, 1.165) is 36.1 Å². The molecular formula is C22H26O3. The summed E-state index contributed by atoms with van der Waals surface area (Å²) in [5, 5.41) is 0. The highest BCUT2D eigenvalue weighted by molar-refractivity contribution is 5.89. The van der Waals surface area contributed by atoms with Crippen molar-refractivity contribution in [1.82, 2.24) is 0 Å². The minimum absolute atomic E-state index is 0.288. The molecule has 0 aromatic heterocycles. The van der Waals surface area contributed by atoms with E-state index in [0.29, 0.717) is 12.2 Å². The van der Waals surface area contributed by atoms with Crippen molar-refractivity contribution in [3.8, 4) is 5.75 Å². The van der Waals surface area contributed by atoms with Crippen LogP contribution in [0, 0.1) is 6.92 Å². The van der Waals surface area contributed by atoms with Crippen molar-refractivity contribution in [2.24, 2.45) is 0 Å². The number of allylic oxidation sites excluding steroid dienone is 1. The normalized spacial score (nSPS) is 11.2. The molecule has 25 heavy (non-hydrogen) atoms. The Morgan fingerprint density at radius 1 is 1.04 bits per heavy atom. The van der Waals surface area contributed by atoms with Gasteiger partial charge in [-0.15, -0.1) is 0 Å². The fraction of sp³-hybridized carbons (Fsp3) is 0.318. The second kappa shape index (κ2) is 9.67. The van der Waals surface area contributed by atoms with Gasteiger partial charge in [-0.2, -0.15) is 0 Å². The Morgan fingerprint density at radius 3 is 2.40 bits per heavy atom. The van der Waals surface area contributed by atoms with Gasteiger partial charge in [-0.1, -0.05) is 37.6 Å². The van der Waals surface area contributed by atoms with Crippen LogP contribution in [0.4, 0.5) is 0 Å². The lowest BCUT2D eigenvalue weighted by molar-refractivity contribution is 0.0526. The van der Waals surface area contributed by atoms with Gasteiger partial charge in [0.1, 0.15) is 5.75 Å². The van der Waals surface area contributed by atoms with Crippen molar-refractivity contribution in [3.05, 3.63) is 71.5 Å². The summed E-state index contributed by atoms with van der Waals surface area (Å²) in [7, 11) is 0. The predicted octanol–water partition coefficient (Wildman–Crippen LogP) is 5.78. The van der Waals surface area contributed by atoms with Crippen LogP contribution in [0.15, 0.2) is 54.8 Å². The summed E-state index contributed by atoms with van der Waals surface area (Å²) in [5.74, 6) is 0.543. The van der Waals surface area contributed by atoms with Gasteiger partial charge in [-0.3, -0.25) is 0 Å². The van der Waals surface area contributed by atoms with Crippen LogP contribution in [0.2, 0.25) is 0 Å². The van der Waals surface area contributed by atoms with E-state index in [-0.39, 0.29) is 5.97 Å². The van der Waals surface area contributed by atoms with Gasteiger partial charge in [-0.05, 0) is 67.7 Å². The van der Waals surface area contributed by atoms with Crippen LogP contribution in [-0.4, -0.2) is 12.6 Å². The van der Waals surface area contributed by atoms with E-state index in [1.165, 1.54) is 5.56 Å². The maximum atomic E-state index is 11.8. The number of ether oxygens (including phenoxy) is 2. The van der Waals surface area contributed by atoms with Crippen molar-refractivity contribution in [2.45, 2.75) is 40.0 Å². The third-order valence-corrected chi connectivity index (χ3v) is 3.89. The predicted molar refractivity (Wildman–Crippen MR) is 102 cm³/mol. The Balaban J connectivity index is 2.18. The fourth-order valence-electron chi connectivity index (χ4n) is 2.50. The van der Waals surface area contributed by atoms with Crippen molar-refractivity contribution < 1.29 is 14.3 Å². The number of aryl methyl sites for hydroxylation is 1. The topological polar surface area (TPSA) is 35.5 Å². The Kier molecular flexibility index (Phi) is 7.27. The van der Waals surface area contributed by atoms with Gasteiger partial charge >= 0.3 is 5.97 Å². The summed E-state index contributed by atoms with van der Waals surface area (Å²) < 4.78 is 10.9. The lowest BCUT2D eigenvalue weighted by Gasteiger charge is -2.10. The molecule has 0 aliphatic rings. The lowest BCUT2D eigenvalue weighted by Crippen LogP contribution is -2.04. The summed E-state index contributed by atoms with van der Waals surface area (Å²) in [4.78, 5) is 11.8. The van der Waals surface area contributed by atoms with Crippen molar-refractivity contribution >= 4 is 11.5 Å². The van der Waals surface area contributed by atoms with E-state index in [2.05, 4.69) is 6.92 Å². The number of hydrogen-bond acceptors (Lipinski definition) is 3. The molecule has 3 heteroatoms. The highest BCUT2D eigenvalue weighted by Gasteiger charge is 2.08. The Bertz CT molecular complexity index is 714. The van der Waals surface area contributed by atoms with Crippen LogP contribution in [0.3, 0.4) is 0 Å². The molecule has 0 aliphatic heterocycles. The zero-order chi connectivity index (χ0) is 18.1. The first-order valence-electron chi connectivity index (χ1n) is 8.84. The van der Waals surface area contributed by atoms with Crippen LogP contribution < -0.4 is 4.74 Å². The molecule has 2 rings (SSSR count). The molecule has 0 fully saturated rings. The molecule has 2 aromatic carbocycles. The number of unbranched alkanes of at least 4 members (excludes halogenated alkanes) is 1. The Morgan fingerprint density at radius 2 is 1.76 bits per heavy atom. The molecule has 3 nitrogen and oxygen atoms in total. The standard InChI is InChI=1S/C22H26O3/c1-4-6-9-20(16-25-21-10-7-8-17(3)15-21)18-11-13-19(14-12-18)22(23)24-5-2/h7-8,10-16H,4-6,9H2,1-3H3/b20-16+. The number of carbonyl (C=O) groups is 1. The quantitative estimate of drug-likeness (QED) is 0.452. The average Bonchev–Trinajstić information content (AvgIpc) is 2.62. The second-order valence-corrected chi connectivity index (χ2v) is 5.98. The van der Waals surface area contributed by atoms with E-state index in [1.807, 2.05) is 49.6 Å². The van der Waals surface area contributed by atoms with Gasteiger partial charge in [0, 0.05) is 0 Å². The zero-order valence-corrected chi connectivity index (χ0v) is 15.2. The van der Waals surface area contributed by atoms with Gasteiger partial charge < -0.3 is 9.47 Å². The van der Waals surface area contributed by atoms with E-state index < -0.39 is 0 Å². The molecule has 0 amide bonds. The molecule has 0 bridgehead atoms. The molecule has 0 radical (unpaired) electrons. The first-order chi connectivity index (χ1) is 12.1. The number of benzene rings is 2. The van der Waals surface area contributed by atoms with Gasteiger partial charge in [0.15, 0.2) is 0 Å². The molecule has 0 heterocycles. The molecule has 0 unspecified atom stereocenters. The molecular weight excluding hydrogens is 312 g/mol. The minimum Gasteiger partial charge on any atom is -0.465 e. The summed E-state index contributed by atoms with van der Waals surface area (Å²) >= 11 is 0. The molecule has 132 valence electrons. The molecule has 0 N–H and O–H groups in total. The summed E-state index contributed by atoms with van der Waals surface area (Å²) in [5.41, 5.74) is 3.92. The van der Waals surface area contributed by atoms with E-state index >= 15 is 0 Å². The van der Waals surface area contributed by atoms with Crippen LogP contribution in [-0.2, 0) is 4.74 Å². The van der Waals surface area contributed by atoms with Crippen LogP contribution in [0.5, 0.6) is 5.75 Å².